The first-order valence-corrected chi connectivity index (χ1v) is 7.83. The van der Waals surface area contributed by atoms with E-state index in [1.54, 1.807) is 24.3 Å². The Bertz CT molecular complexity index is 722. The van der Waals surface area contributed by atoms with Gasteiger partial charge in [-0.1, -0.05) is 6.07 Å². The van der Waals surface area contributed by atoms with Crippen LogP contribution >= 0.6 is 0 Å². The van der Waals surface area contributed by atoms with Gasteiger partial charge in [0.1, 0.15) is 0 Å². The molecule has 1 aromatic rings. The van der Waals surface area contributed by atoms with Gasteiger partial charge in [-0.25, -0.2) is 9.59 Å². The van der Waals surface area contributed by atoms with Gasteiger partial charge in [0.25, 0.3) is 11.7 Å². The summed E-state index contributed by atoms with van der Waals surface area (Å²) in [5.74, 6) is -3.04. The fourth-order valence-electron chi connectivity index (χ4n) is 2.10. The maximum atomic E-state index is 12.2. The summed E-state index contributed by atoms with van der Waals surface area (Å²) in [7, 11) is 0. The van der Waals surface area contributed by atoms with Gasteiger partial charge in [-0.3, -0.25) is 4.79 Å². The largest absolute Gasteiger partial charge is 0.419 e. The Labute approximate surface area is 146 Å². The van der Waals surface area contributed by atoms with Crippen LogP contribution in [-0.4, -0.2) is 29.2 Å². The summed E-state index contributed by atoms with van der Waals surface area (Å²) < 4.78 is 10.0. The highest BCUT2D eigenvalue weighted by Gasteiger charge is 2.38. The molecule has 0 radical (unpaired) electrons. The molecule has 1 aromatic carbocycles. The molecule has 7 heteroatoms. The van der Waals surface area contributed by atoms with Crippen LogP contribution in [0, 0.1) is 0 Å². The molecule has 2 rings (SSSR count). The lowest BCUT2D eigenvalue weighted by atomic mass is 10.1. The monoisotopic (exact) mass is 346 g/mol. The predicted octanol–water partition coefficient (Wildman–Crippen LogP) is 2.35. The van der Waals surface area contributed by atoms with Crippen LogP contribution in [0.5, 0.6) is 0 Å². The zero-order valence-electron chi connectivity index (χ0n) is 14.9. The highest BCUT2D eigenvalue weighted by molar-refractivity contribution is 6.15. The average molecular weight is 346 g/mol. The first kappa shape index (κ1) is 18.5. The molecule has 1 heterocycles. The number of benzene rings is 1. The van der Waals surface area contributed by atoms with Crippen LogP contribution in [0.25, 0.3) is 0 Å². The summed E-state index contributed by atoms with van der Waals surface area (Å²) in [6.07, 6.45) is 1.21. The molecule has 1 aliphatic rings. The summed E-state index contributed by atoms with van der Waals surface area (Å²) in [6, 6.07) is 6.68. The van der Waals surface area contributed by atoms with Crippen LogP contribution in [0.2, 0.25) is 0 Å². The van der Waals surface area contributed by atoms with Gasteiger partial charge in [-0.15, -0.1) is 0 Å². The molecule has 1 amide bonds. The van der Waals surface area contributed by atoms with Gasteiger partial charge in [-0.2, -0.15) is 0 Å². The van der Waals surface area contributed by atoms with Gasteiger partial charge in [0.05, 0.1) is 0 Å². The lowest BCUT2D eigenvalue weighted by molar-refractivity contribution is -0.222. The number of carbonyl (C=O) groups excluding carboxylic acids is 3. The highest BCUT2D eigenvalue weighted by atomic mass is 16.7. The van der Waals surface area contributed by atoms with E-state index in [2.05, 4.69) is 10.6 Å². The molecule has 1 aliphatic heterocycles. The van der Waals surface area contributed by atoms with Crippen molar-refractivity contribution in [2.45, 2.75) is 45.9 Å². The molecule has 134 valence electrons. The summed E-state index contributed by atoms with van der Waals surface area (Å²) in [4.78, 5) is 35.9. The van der Waals surface area contributed by atoms with E-state index in [0.29, 0.717) is 11.3 Å². The van der Waals surface area contributed by atoms with Gasteiger partial charge in [0.15, 0.2) is 5.57 Å². The van der Waals surface area contributed by atoms with E-state index < -0.39 is 17.7 Å². The molecule has 0 bridgehead atoms. The van der Waals surface area contributed by atoms with E-state index in [9.17, 15) is 14.4 Å². The van der Waals surface area contributed by atoms with Gasteiger partial charge >= 0.3 is 11.9 Å². The summed E-state index contributed by atoms with van der Waals surface area (Å²) in [5, 5.41) is 5.68. The number of hydrogen-bond acceptors (Lipinski definition) is 6. The van der Waals surface area contributed by atoms with E-state index in [1.165, 1.54) is 20.0 Å². The van der Waals surface area contributed by atoms with Gasteiger partial charge in [-0.05, 0) is 39.0 Å². The van der Waals surface area contributed by atoms with Crippen molar-refractivity contribution in [3.8, 4) is 0 Å². The van der Waals surface area contributed by atoms with E-state index in [0.717, 1.165) is 0 Å². The maximum Gasteiger partial charge on any atom is 0.350 e. The van der Waals surface area contributed by atoms with Crippen molar-refractivity contribution in [1.29, 1.82) is 0 Å². The molecule has 1 fully saturated rings. The molecule has 7 nitrogen and oxygen atoms in total. The SMILES string of the molecule is CC(C)(C)NC(=O)c1cccc(NC=C2C(=O)OC(C)(C)OC2=O)c1. The second kappa shape index (κ2) is 6.58. The number of hydrogen-bond donors (Lipinski definition) is 2. The molecule has 1 saturated heterocycles. The number of cyclic esters (lactones) is 2. The summed E-state index contributed by atoms with van der Waals surface area (Å²) in [6.45, 7) is 8.62. The first-order valence-electron chi connectivity index (χ1n) is 7.83. The Kier molecular flexibility index (Phi) is 4.87. The van der Waals surface area contributed by atoms with E-state index in [-0.39, 0.29) is 17.0 Å². The van der Waals surface area contributed by atoms with Gasteiger partial charge < -0.3 is 20.1 Å². The zero-order chi connectivity index (χ0) is 18.8. The van der Waals surface area contributed by atoms with E-state index >= 15 is 0 Å². The minimum absolute atomic E-state index is 0.220. The molecule has 0 spiro atoms. The van der Waals surface area contributed by atoms with Gasteiger partial charge in [0.2, 0.25) is 0 Å². The Morgan fingerprint density at radius 2 is 1.72 bits per heavy atom. The number of ether oxygens (including phenoxy) is 2. The normalized spacial score (nSPS) is 16.6. The molecule has 25 heavy (non-hydrogen) atoms. The van der Waals surface area contributed by atoms with Crippen molar-refractivity contribution >= 4 is 23.5 Å². The van der Waals surface area contributed by atoms with Crippen molar-refractivity contribution in [2.75, 3.05) is 5.32 Å². The topological polar surface area (TPSA) is 93.7 Å². The third-order valence-corrected chi connectivity index (χ3v) is 3.11. The van der Waals surface area contributed by atoms with E-state index in [1.807, 2.05) is 20.8 Å². The van der Waals surface area contributed by atoms with Crippen LogP contribution in [0.15, 0.2) is 36.0 Å². The summed E-state index contributed by atoms with van der Waals surface area (Å²) >= 11 is 0. The predicted molar refractivity (Wildman–Crippen MR) is 91.6 cm³/mol. The van der Waals surface area contributed by atoms with Crippen molar-refractivity contribution < 1.29 is 23.9 Å². The lowest BCUT2D eigenvalue weighted by Gasteiger charge is -2.29. The van der Waals surface area contributed by atoms with Crippen LogP contribution in [0.3, 0.4) is 0 Å². The molecule has 0 atom stereocenters. The smallest absolute Gasteiger partial charge is 0.350 e. The molecule has 0 aromatic heterocycles. The number of amides is 1. The number of rotatable bonds is 3. The second-order valence-electron chi connectivity index (χ2n) is 7.17. The Morgan fingerprint density at radius 3 is 2.28 bits per heavy atom. The van der Waals surface area contributed by atoms with Crippen LogP contribution in [0.1, 0.15) is 45.0 Å². The first-order chi connectivity index (χ1) is 11.5. The Morgan fingerprint density at radius 1 is 1.12 bits per heavy atom. The standard InChI is InChI=1S/C18H22N2O5/c1-17(2,3)20-14(21)11-7-6-8-12(9-11)19-10-13-15(22)24-18(4,5)25-16(13)23/h6-10,19H,1-5H3,(H,20,21). The fraction of sp³-hybridized carbons (Fsp3) is 0.389. The zero-order valence-corrected chi connectivity index (χ0v) is 14.9. The lowest BCUT2D eigenvalue weighted by Crippen LogP contribution is -2.42. The second-order valence-corrected chi connectivity index (χ2v) is 7.17. The molecule has 0 unspecified atom stereocenters. The van der Waals surface area contributed by atoms with Crippen molar-refractivity contribution in [3.63, 3.8) is 0 Å². The van der Waals surface area contributed by atoms with E-state index in [4.69, 9.17) is 9.47 Å². The molecular formula is C18H22N2O5. The minimum atomic E-state index is -1.28. The van der Waals surface area contributed by atoms with Crippen molar-refractivity contribution in [3.05, 3.63) is 41.6 Å². The van der Waals surface area contributed by atoms with Crippen molar-refractivity contribution in [1.82, 2.24) is 5.32 Å². The molecular weight excluding hydrogens is 324 g/mol. The minimum Gasteiger partial charge on any atom is -0.419 e. The average Bonchev–Trinajstić information content (AvgIpc) is 2.43. The third kappa shape index (κ3) is 5.07. The Hall–Kier alpha value is -2.83. The highest BCUT2D eigenvalue weighted by Crippen LogP contribution is 2.22. The quantitative estimate of drug-likeness (QED) is 0.496. The van der Waals surface area contributed by atoms with Crippen LogP contribution < -0.4 is 10.6 Å². The maximum absolute atomic E-state index is 12.2. The van der Waals surface area contributed by atoms with Gasteiger partial charge in [0, 0.05) is 36.8 Å². The number of carbonyl (C=O) groups is 3. The number of nitrogens with one attached hydrogen (secondary N) is 2. The number of anilines is 1. The molecule has 0 saturated carbocycles. The fourth-order valence-corrected chi connectivity index (χ4v) is 2.10. The number of esters is 2. The third-order valence-electron chi connectivity index (χ3n) is 3.11. The van der Waals surface area contributed by atoms with Crippen molar-refractivity contribution in [2.24, 2.45) is 0 Å². The Balaban J connectivity index is 2.14. The summed E-state index contributed by atoms with van der Waals surface area (Å²) in [5.41, 5.74) is 0.391. The van der Waals surface area contributed by atoms with Crippen LogP contribution in [-0.2, 0) is 19.1 Å². The van der Waals surface area contributed by atoms with Crippen LogP contribution in [0.4, 0.5) is 5.69 Å². The molecule has 2 N–H and O–H groups in total. The molecule has 0 aliphatic carbocycles.